The third kappa shape index (κ3) is 2.93. The first kappa shape index (κ1) is 14.0. The molecule has 0 atom stereocenters. The van der Waals surface area contributed by atoms with Crippen molar-refractivity contribution < 1.29 is 17.2 Å². The highest BCUT2D eigenvalue weighted by Crippen LogP contribution is 2.27. The summed E-state index contributed by atoms with van der Waals surface area (Å²) in [6, 6.07) is 7.89. The number of benzene rings is 2. The first-order valence-electron chi connectivity index (χ1n) is 5.30. The predicted molar refractivity (Wildman–Crippen MR) is 69.6 cm³/mol. The molecule has 0 spiro atoms. The van der Waals surface area contributed by atoms with Gasteiger partial charge in [-0.15, -0.1) is 0 Å². The molecule has 0 saturated carbocycles. The van der Waals surface area contributed by atoms with Gasteiger partial charge in [-0.2, -0.15) is 0 Å². The van der Waals surface area contributed by atoms with Gasteiger partial charge in [0.2, 0.25) is 0 Å². The van der Waals surface area contributed by atoms with E-state index in [1.807, 2.05) is 0 Å². The third-order valence-corrected chi connectivity index (χ3v) is 4.17. The monoisotopic (exact) mass is 302 g/mol. The summed E-state index contributed by atoms with van der Waals surface area (Å²) in [6.07, 6.45) is 0. The molecule has 0 heterocycles. The molecule has 0 aliphatic carbocycles. The van der Waals surface area contributed by atoms with Crippen molar-refractivity contribution in [1.29, 1.82) is 0 Å². The number of rotatable bonds is 2. The topological polar surface area (TPSA) is 34.1 Å². The molecular weight excluding hydrogens is 294 g/mol. The summed E-state index contributed by atoms with van der Waals surface area (Å²) >= 11 is 0. The van der Waals surface area contributed by atoms with E-state index in [1.165, 1.54) is 18.2 Å². The molecule has 0 radical (unpaired) electrons. The summed E-state index contributed by atoms with van der Waals surface area (Å²) in [5, 5.41) is 0. The predicted octanol–water partition coefficient (Wildman–Crippen LogP) is 3.87. The van der Waals surface area contributed by atoms with Crippen LogP contribution in [-0.4, -0.2) is 8.42 Å². The molecule has 2 rings (SSSR count). The van der Waals surface area contributed by atoms with Crippen molar-refractivity contribution in [2.24, 2.45) is 0 Å². The van der Waals surface area contributed by atoms with Crippen molar-refractivity contribution >= 4 is 19.7 Å². The number of halogens is 3. The maximum atomic E-state index is 13.1. The fraction of sp³-hybridized carbons (Fsp3) is 0.0769. The summed E-state index contributed by atoms with van der Waals surface area (Å²) in [5.74, 6) is -1.88. The van der Waals surface area contributed by atoms with E-state index in [0.29, 0.717) is 16.7 Å². The van der Waals surface area contributed by atoms with Crippen LogP contribution in [0, 0.1) is 18.6 Å². The quantitative estimate of drug-likeness (QED) is 0.789. The Morgan fingerprint density at radius 2 is 1.53 bits per heavy atom. The Hall–Kier alpha value is -1.46. The first-order valence-corrected chi connectivity index (χ1v) is 7.61. The second-order valence-electron chi connectivity index (χ2n) is 4.05. The zero-order valence-electron chi connectivity index (χ0n) is 9.82. The van der Waals surface area contributed by atoms with Crippen LogP contribution in [0.25, 0.3) is 11.1 Å². The standard InChI is InChI=1S/C13H9ClF2O2S/c1-8-6-9(3-5-13(8)19(14,17)18)10-2-4-11(15)12(16)7-10/h2-7H,1H3. The fourth-order valence-corrected chi connectivity index (χ4v) is 2.97. The van der Waals surface area contributed by atoms with Gasteiger partial charge in [0.05, 0.1) is 4.90 Å². The Morgan fingerprint density at radius 1 is 0.947 bits per heavy atom. The van der Waals surface area contributed by atoms with Gasteiger partial charge in [0, 0.05) is 10.7 Å². The molecule has 2 nitrogen and oxygen atoms in total. The minimum Gasteiger partial charge on any atom is -0.207 e. The van der Waals surface area contributed by atoms with Gasteiger partial charge in [0.1, 0.15) is 0 Å². The zero-order chi connectivity index (χ0) is 14.2. The third-order valence-electron chi connectivity index (χ3n) is 2.69. The highest BCUT2D eigenvalue weighted by atomic mass is 35.7. The van der Waals surface area contributed by atoms with E-state index in [1.54, 1.807) is 13.0 Å². The fourth-order valence-electron chi connectivity index (χ4n) is 1.78. The Balaban J connectivity index is 2.53. The Morgan fingerprint density at radius 3 is 2.05 bits per heavy atom. The van der Waals surface area contributed by atoms with Crippen molar-refractivity contribution in [1.82, 2.24) is 0 Å². The van der Waals surface area contributed by atoms with Gasteiger partial charge >= 0.3 is 0 Å². The second kappa shape index (κ2) is 4.90. The molecule has 0 saturated heterocycles. The average molecular weight is 303 g/mol. The largest absolute Gasteiger partial charge is 0.261 e. The molecule has 0 fully saturated rings. The van der Waals surface area contributed by atoms with Crippen molar-refractivity contribution in [2.75, 3.05) is 0 Å². The lowest BCUT2D eigenvalue weighted by molar-refractivity contribution is 0.509. The Labute approximate surface area is 114 Å². The van der Waals surface area contributed by atoms with E-state index in [2.05, 4.69) is 0 Å². The van der Waals surface area contributed by atoms with Gasteiger partial charge in [0.15, 0.2) is 11.6 Å². The summed E-state index contributed by atoms with van der Waals surface area (Å²) in [5.41, 5.74) is 1.48. The Bertz CT molecular complexity index is 742. The van der Waals surface area contributed by atoms with Crippen LogP contribution in [0.3, 0.4) is 0 Å². The smallest absolute Gasteiger partial charge is 0.207 e. The summed E-state index contributed by atoms with van der Waals surface area (Å²) in [4.78, 5) is 0.000463. The van der Waals surface area contributed by atoms with Gasteiger partial charge in [-0.3, -0.25) is 0 Å². The van der Waals surface area contributed by atoms with Crippen LogP contribution in [0.15, 0.2) is 41.3 Å². The second-order valence-corrected chi connectivity index (χ2v) is 6.58. The SMILES string of the molecule is Cc1cc(-c2ccc(F)c(F)c2)ccc1S(=O)(=O)Cl. The molecule has 0 amide bonds. The first-order chi connectivity index (χ1) is 8.79. The van der Waals surface area contributed by atoms with Crippen LogP contribution in [0.5, 0.6) is 0 Å². The lowest BCUT2D eigenvalue weighted by atomic mass is 10.0. The molecule has 19 heavy (non-hydrogen) atoms. The molecule has 0 aromatic heterocycles. The van der Waals surface area contributed by atoms with Crippen LogP contribution < -0.4 is 0 Å². The highest BCUT2D eigenvalue weighted by Gasteiger charge is 2.14. The lowest BCUT2D eigenvalue weighted by Gasteiger charge is -2.07. The molecular formula is C13H9ClF2O2S. The molecule has 100 valence electrons. The molecule has 6 heteroatoms. The van der Waals surface area contributed by atoms with Crippen LogP contribution in [-0.2, 0) is 9.05 Å². The van der Waals surface area contributed by atoms with Crippen LogP contribution in [0.1, 0.15) is 5.56 Å². The molecule has 0 aliphatic rings. The summed E-state index contributed by atoms with van der Waals surface area (Å²) in [7, 11) is 1.46. The van der Waals surface area contributed by atoms with Crippen molar-refractivity contribution in [3.63, 3.8) is 0 Å². The van der Waals surface area contributed by atoms with Crippen LogP contribution in [0.2, 0.25) is 0 Å². The number of hydrogen-bond donors (Lipinski definition) is 0. The molecule has 0 bridgehead atoms. The minimum atomic E-state index is -3.81. The average Bonchev–Trinajstić information content (AvgIpc) is 2.31. The molecule has 2 aromatic rings. The van der Waals surface area contributed by atoms with E-state index in [-0.39, 0.29) is 4.90 Å². The van der Waals surface area contributed by atoms with E-state index in [0.717, 1.165) is 12.1 Å². The lowest BCUT2D eigenvalue weighted by Crippen LogP contribution is -1.95. The van der Waals surface area contributed by atoms with Crippen molar-refractivity contribution in [2.45, 2.75) is 11.8 Å². The molecule has 0 unspecified atom stereocenters. The van der Waals surface area contributed by atoms with Gasteiger partial charge in [0.25, 0.3) is 9.05 Å². The van der Waals surface area contributed by atoms with Crippen molar-refractivity contribution in [3.8, 4) is 11.1 Å². The van der Waals surface area contributed by atoms with Crippen LogP contribution in [0.4, 0.5) is 8.78 Å². The molecule has 0 N–H and O–H groups in total. The van der Waals surface area contributed by atoms with E-state index in [4.69, 9.17) is 10.7 Å². The van der Waals surface area contributed by atoms with E-state index < -0.39 is 20.7 Å². The van der Waals surface area contributed by atoms with Gasteiger partial charge in [-0.25, -0.2) is 17.2 Å². The molecule has 2 aromatic carbocycles. The number of hydrogen-bond acceptors (Lipinski definition) is 2. The Kier molecular flexibility index (Phi) is 3.60. The highest BCUT2D eigenvalue weighted by molar-refractivity contribution is 8.13. The van der Waals surface area contributed by atoms with Gasteiger partial charge < -0.3 is 0 Å². The summed E-state index contributed by atoms with van der Waals surface area (Å²) in [6.45, 7) is 1.58. The van der Waals surface area contributed by atoms with Gasteiger partial charge in [-0.1, -0.05) is 18.2 Å². The summed E-state index contributed by atoms with van der Waals surface area (Å²) < 4.78 is 48.5. The van der Waals surface area contributed by atoms with Gasteiger partial charge in [-0.05, 0) is 41.8 Å². The minimum absolute atomic E-state index is 0.000463. The zero-order valence-corrected chi connectivity index (χ0v) is 11.4. The maximum absolute atomic E-state index is 13.1. The molecule has 0 aliphatic heterocycles. The number of aryl methyl sites for hydroxylation is 1. The van der Waals surface area contributed by atoms with E-state index >= 15 is 0 Å². The van der Waals surface area contributed by atoms with Crippen LogP contribution >= 0.6 is 10.7 Å². The van der Waals surface area contributed by atoms with Crippen molar-refractivity contribution in [3.05, 3.63) is 53.6 Å². The maximum Gasteiger partial charge on any atom is 0.261 e. The normalized spacial score (nSPS) is 11.6. The van der Waals surface area contributed by atoms with E-state index in [9.17, 15) is 17.2 Å².